The van der Waals surface area contributed by atoms with Gasteiger partial charge in [-0.3, -0.25) is 14.5 Å². The van der Waals surface area contributed by atoms with Crippen LogP contribution in [0.15, 0.2) is 22.4 Å². The van der Waals surface area contributed by atoms with Gasteiger partial charge in [0.15, 0.2) is 0 Å². The van der Waals surface area contributed by atoms with E-state index in [2.05, 4.69) is 0 Å². The summed E-state index contributed by atoms with van der Waals surface area (Å²) in [7, 11) is 0. The molecule has 0 N–H and O–H groups in total. The topological polar surface area (TPSA) is 61.2 Å². The maximum Gasteiger partial charge on any atom is 0.293 e. The van der Waals surface area contributed by atoms with Crippen LogP contribution >= 0.6 is 23.1 Å². The van der Waals surface area contributed by atoms with E-state index in [1.807, 2.05) is 23.6 Å². The van der Waals surface area contributed by atoms with Crippen molar-refractivity contribution in [2.24, 2.45) is 0 Å². The Kier molecular flexibility index (Phi) is 4.18. The predicted molar refractivity (Wildman–Crippen MR) is 71.8 cm³/mol. The van der Waals surface area contributed by atoms with Gasteiger partial charge in [-0.2, -0.15) is 5.26 Å². The second-order valence-corrected chi connectivity index (χ2v) is 5.58. The van der Waals surface area contributed by atoms with Crippen LogP contribution in [0.3, 0.4) is 0 Å². The zero-order valence-electron chi connectivity index (χ0n) is 9.46. The number of nitrogens with zero attached hydrogens (tertiary/aromatic N) is 2. The number of rotatable bonds is 4. The number of carbonyl (C=O) groups excluding carboxylic acids is 2. The van der Waals surface area contributed by atoms with Gasteiger partial charge >= 0.3 is 0 Å². The number of amides is 2. The lowest BCUT2D eigenvalue weighted by Gasteiger charge is -2.10. The second kappa shape index (κ2) is 5.85. The molecule has 0 atom stereocenters. The van der Waals surface area contributed by atoms with Crippen LogP contribution in [-0.2, 0) is 4.79 Å². The molecule has 1 aromatic rings. The van der Waals surface area contributed by atoms with E-state index in [-0.39, 0.29) is 11.1 Å². The van der Waals surface area contributed by atoms with Crippen molar-refractivity contribution in [2.75, 3.05) is 6.54 Å². The van der Waals surface area contributed by atoms with Crippen molar-refractivity contribution < 1.29 is 9.59 Å². The largest absolute Gasteiger partial charge is 0.293 e. The minimum Gasteiger partial charge on any atom is -0.268 e. The molecule has 0 radical (unpaired) electrons. The van der Waals surface area contributed by atoms with Crippen molar-refractivity contribution in [2.45, 2.75) is 12.8 Å². The molecule has 92 valence electrons. The molecule has 1 aromatic heterocycles. The number of imide groups is 1. The predicted octanol–water partition coefficient (Wildman–Crippen LogP) is 3.09. The highest BCUT2D eigenvalue weighted by Crippen LogP contribution is 2.32. The molecular weight excluding hydrogens is 268 g/mol. The third kappa shape index (κ3) is 2.81. The average molecular weight is 278 g/mol. The van der Waals surface area contributed by atoms with Crippen LogP contribution in [0.1, 0.15) is 17.7 Å². The summed E-state index contributed by atoms with van der Waals surface area (Å²) >= 11 is 2.48. The number of hydrogen-bond donors (Lipinski definition) is 0. The van der Waals surface area contributed by atoms with Crippen LogP contribution in [0, 0.1) is 11.3 Å². The van der Waals surface area contributed by atoms with E-state index < -0.39 is 0 Å². The Morgan fingerprint density at radius 2 is 2.28 bits per heavy atom. The lowest BCUT2D eigenvalue weighted by atomic mass is 10.3. The molecule has 2 amide bonds. The first kappa shape index (κ1) is 12.9. The third-order valence-corrected chi connectivity index (χ3v) is 4.09. The molecule has 0 bridgehead atoms. The molecule has 1 aliphatic rings. The maximum atomic E-state index is 12.0. The Morgan fingerprint density at radius 3 is 2.94 bits per heavy atom. The normalized spacial score (nSPS) is 17.5. The van der Waals surface area contributed by atoms with Crippen molar-refractivity contribution >= 4 is 40.3 Å². The minimum atomic E-state index is -0.253. The van der Waals surface area contributed by atoms with Crippen molar-refractivity contribution in [3.63, 3.8) is 0 Å². The molecule has 0 aliphatic carbocycles. The highest BCUT2D eigenvalue weighted by Gasteiger charge is 2.34. The van der Waals surface area contributed by atoms with E-state index in [1.165, 1.54) is 16.2 Å². The van der Waals surface area contributed by atoms with Crippen molar-refractivity contribution in [3.05, 3.63) is 27.3 Å². The van der Waals surface area contributed by atoms with E-state index in [4.69, 9.17) is 5.26 Å². The van der Waals surface area contributed by atoms with Crippen LogP contribution in [0.4, 0.5) is 4.79 Å². The molecule has 4 nitrogen and oxygen atoms in total. The van der Waals surface area contributed by atoms with Crippen molar-refractivity contribution in [1.29, 1.82) is 5.26 Å². The summed E-state index contributed by atoms with van der Waals surface area (Å²) in [4.78, 5) is 26.3. The van der Waals surface area contributed by atoms with E-state index in [9.17, 15) is 9.59 Å². The fourth-order valence-corrected chi connectivity index (χ4v) is 3.10. The summed E-state index contributed by atoms with van der Waals surface area (Å²) in [5.41, 5.74) is 0. The fourth-order valence-electron chi connectivity index (χ4n) is 1.51. The van der Waals surface area contributed by atoms with E-state index >= 15 is 0 Å². The SMILES string of the molecule is N#CCCCN1C(=O)S/C(=C\c2cccs2)C1=O. The maximum absolute atomic E-state index is 12.0. The van der Waals surface area contributed by atoms with Gasteiger partial charge in [0.1, 0.15) is 0 Å². The van der Waals surface area contributed by atoms with E-state index in [0.717, 1.165) is 16.6 Å². The second-order valence-electron chi connectivity index (χ2n) is 3.61. The first-order valence-electron chi connectivity index (χ1n) is 5.38. The Morgan fingerprint density at radius 1 is 1.44 bits per heavy atom. The molecule has 2 rings (SSSR count). The Balaban J connectivity index is 2.07. The van der Waals surface area contributed by atoms with Crippen LogP contribution < -0.4 is 0 Å². The van der Waals surface area contributed by atoms with Crippen LogP contribution in [0.25, 0.3) is 6.08 Å². The van der Waals surface area contributed by atoms with Gasteiger partial charge in [-0.1, -0.05) is 6.07 Å². The third-order valence-electron chi connectivity index (χ3n) is 2.36. The number of carbonyl (C=O) groups is 2. The number of thiophene rings is 1. The number of nitriles is 1. The highest BCUT2D eigenvalue weighted by molar-refractivity contribution is 8.18. The molecule has 1 aliphatic heterocycles. The van der Waals surface area contributed by atoms with Gasteiger partial charge in [-0.15, -0.1) is 11.3 Å². The zero-order chi connectivity index (χ0) is 13.0. The fraction of sp³-hybridized carbons (Fsp3) is 0.250. The summed E-state index contributed by atoms with van der Waals surface area (Å²) in [6.45, 7) is 0.319. The molecular formula is C12H10N2O2S2. The molecule has 1 fully saturated rings. The van der Waals surface area contributed by atoms with E-state index in [1.54, 1.807) is 6.08 Å². The molecule has 0 aromatic carbocycles. The number of unbranched alkanes of at least 4 members (excludes halogenated alkanes) is 1. The molecule has 18 heavy (non-hydrogen) atoms. The van der Waals surface area contributed by atoms with Gasteiger partial charge < -0.3 is 0 Å². The number of thioether (sulfide) groups is 1. The molecule has 2 heterocycles. The summed E-state index contributed by atoms with van der Waals surface area (Å²) < 4.78 is 0. The summed E-state index contributed by atoms with van der Waals surface area (Å²) in [5, 5.41) is 10.1. The molecule has 0 saturated carbocycles. The van der Waals surface area contributed by atoms with Crippen molar-refractivity contribution in [1.82, 2.24) is 4.90 Å². The van der Waals surface area contributed by atoms with Crippen molar-refractivity contribution in [3.8, 4) is 6.07 Å². The standard InChI is InChI=1S/C12H10N2O2S2/c13-5-1-2-6-14-11(15)10(18-12(14)16)8-9-4-3-7-17-9/h3-4,7-8H,1-2,6H2/b10-8-. The number of hydrogen-bond acceptors (Lipinski definition) is 5. The highest BCUT2D eigenvalue weighted by atomic mass is 32.2. The lowest BCUT2D eigenvalue weighted by molar-refractivity contribution is -0.122. The first-order chi connectivity index (χ1) is 8.72. The average Bonchev–Trinajstić information content (AvgIpc) is 2.93. The van der Waals surface area contributed by atoms with Gasteiger partial charge in [-0.05, 0) is 35.7 Å². The smallest absolute Gasteiger partial charge is 0.268 e. The summed E-state index contributed by atoms with van der Waals surface area (Å²) in [5.74, 6) is -0.253. The van der Waals surface area contributed by atoms with Crippen LogP contribution in [0.2, 0.25) is 0 Å². The van der Waals surface area contributed by atoms with E-state index in [0.29, 0.717) is 24.3 Å². The Labute approximate surface area is 113 Å². The van der Waals surface area contributed by atoms with Crippen LogP contribution in [-0.4, -0.2) is 22.6 Å². The molecule has 0 spiro atoms. The monoisotopic (exact) mass is 278 g/mol. The molecule has 6 heteroatoms. The van der Waals surface area contributed by atoms with Gasteiger partial charge in [0.05, 0.1) is 11.0 Å². The first-order valence-corrected chi connectivity index (χ1v) is 7.08. The lowest BCUT2D eigenvalue weighted by Crippen LogP contribution is -2.29. The molecule has 0 unspecified atom stereocenters. The Hall–Kier alpha value is -1.58. The summed E-state index contributed by atoms with van der Waals surface area (Å²) in [6.07, 6.45) is 2.62. The van der Waals surface area contributed by atoms with Crippen LogP contribution in [0.5, 0.6) is 0 Å². The van der Waals surface area contributed by atoms with Gasteiger partial charge in [-0.25, -0.2) is 0 Å². The minimum absolute atomic E-state index is 0.249. The van der Waals surface area contributed by atoms with Gasteiger partial charge in [0, 0.05) is 17.8 Å². The Bertz CT molecular complexity index is 529. The molecule has 1 saturated heterocycles. The zero-order valence-corrected chi connectivity index (χ0v) is 11.1. The van der Waals surface area contributed by atoms with Gasteiger partial charge in [0.25, 0.3) is 11.1 Å². The quantitative estimate of drug-likeness (QED) is 0.627. The van der Waals surface area contributed by atoms with Gasteiger partial charge in [0.2, 0.25) is 0 Å². The summed E-state index contributed by atoms with van der Waals surface area (Å²) in [6, 6.07) is 5.79.